The Hall–Kier alpha value is -0.930. The van der Waals surface area contributed by atoms with Gasteiger partial charge in [0.25, 0.3) is 0 Å². The Kier molecular flexibility index (Phi) is 10.5. The van der Waals surface area contributed by atoms with Gasteiger partial charge in [-0.15, -0.1) is 24.0 Å². The molecule has 0 bridgehead atoms. The van der Waals surface area contributed by atoms with Crippen LogP contribution in [0.4, 0.5) is 0 Å². The summed E-state index contributed by atoms with van der Waals surface area (Å²) in [6.45, 7) is 6.31. The number of hydrogen-bond donors (Lipinski definition) is 2. The summed E-state index contributed by atoms with van der Waals surface area (Å²) in [6.07, 6.45) is 0.910. The number of rotatable bonds is 6. The number of likely N-dealkylation sites (tertiary alicyclic amines) is 1. The molecular formula is C18H27Cl2IN4O2. The molecule has 27 heavy (non-hydrogen) atoms. The number of nitrogens with one attached hydrogen (secondary N) is 2. The SMILES string of the molecule is CN=C(NCCOc1cccc(Cl)c1Cl)NC1CCN(C(=O)C(C)C)C1.I. The first-order valence-electron chi connectivity index (χ1n) is 8.75. The second-order valence-corrected chi connectivity index (χ2v) is 7.25. The third-order valence-electron chi connectivity index (χ3n) is 4.13. The number of amides is 1. The summed E-state index contributed by atoms with van der Waals surface area (Å²) < 4.78 is 5.64. The molecule has 0 radical (unpaired) electrons. The molecule has 2 rings (SSSR count). The summed E-state index contributed by atoms with van der Waals surface area (Å²) in [4.78, 5) is 18.2. The van der Waals surface area contributed by atoms with Crippen LogP contribution in [0.25, 0.3) is 0 Å². The molecule has 1 atom stereocenters. The molecule has 1 heterocycles. The molecule has 2 N–H and O–H groups in total. The highest BCUT2D eigenvalue weighted by Gasteiger charge is 2.27. The Balaban J connectivity index is 0.00000364. The number of carbonyl (C=O) groups excluding carboxylic acids is 1. The fourth-order valence-electron chi connectivity index (χ4n) is 2.76. The average Bonchev–Trinajstić information content (AvgIpc) is 3.08. The van der Waals surface area contributed by atoms with Gasteiger partial charge < -0.3 is 20.3 Å². The van der Waals surface area contributed by atoms with Gasteiger partial charge in [-0.25, -0.2) is 0 Å². The van der Waals surface area contributed by atoms with Crippen LogP contribution in [0, 0.1) is 5.92 Å². The minimum atomic E-state index is 0. The average molecular weight is 529 g/mol. The lowest BCUT2D eigenvalue weighted by Gasteiger charge is -2.20. The van der Waals surface area contributed by atoms with E-state index in [0.717, 1.165) is 13.0 Å². The van der Waals surface area contributed by atoms with Crippen molar-refractivity contribution in [3.05, 3.63) is 28.2 Å². The van der Waals surface area contributed by atoms with Crippen LogP contribution in [0.1, 0.15) is 20.3 Å². The summed E-state index contributed by atoms with van der Waals surface area (Å²) in [5.41, 5.74) is 0. The van der Waals surface area contributed by atoms with Crippen molar-refractivity contribution < 1.29 is 9.53 Å². The fraction of sp³-hybridized carbons (Fsp3) is 0.556. The molecule has 152 valence electrons. The first-order chi connectivity index (χ1) is 12.4. The third kappa shape index (κ3) is 7.19. The van der Waals surface area contributed by atoms with Crippen molar-refractivity contribution in [2.75, 3.05) is 33.3 Å². The van der Waals surface area contributed by atoms with Crippen molar-refractivity contribution in [3.8, 4) is 5.75 Å². The molecule has 1 saturated heterocycles. The second-order valence-electron chi connectivity index (χ2n) is 6.47. The number of nitrogens with zero attached hydrogens (tertiary/aromatic N) is 2. The van der Waals surface area contributed by atoms with Gasteiger partial charge >= 0.3 is 0 Å². The topological polar surface area (TPSA) is 66.0 Å². The number of hydrogen-bond acceptors (Lipinski definition) is 3. The summed E-state index contributed by atoms with van der Waals surface area (Å²) in [7, 11) is 1.72. The lowest BCUT2D eigenvalue weighted by molar-refractivity contribution is -0.133. The molecule has 1 amide bonds. The van der Waals surface area contributed by atoms with E-state index in [-0.39, 0.29) is 41.8 Å². The maximum absolute atomic E-state index is 12.1. The molecule has 0 saturated carbocycles. The number of ether oxygens (including phenoxy) is 1. The lowest BCUT2D eigenvalue weighted by Crippen LogP contribution is -2.46. The normalized spacial score (nSPS) is 16.9. The van der Waals surface area contributed by atoms with E-state index in [1.54, 1.807) is 25.2 Å². The number of halogens is 3. The monoisotopic (exact) mass is 528 g/mol. The molecule has 1 aromatic carbocycles. The molecule has 6 nitrogen and oxygen atoms in total. The molecule has 1 aromatic rings. The van der Waals surface area contributed by atoms with Crippen molar-refractivity contribution in [1.29, 1.82) is 0 Å². The minimum Gasteiger partial charge on any atom is -0.490 e. The molecule has 0 aliphatic carbocycles. The molecule has 1 unspecified atom stereocenters. The van der Waals surface area contributed by atoms with E-state index in [0.29, 0.717) is 41.5 Å². The van der Waals surface area contributed by atoms with Gasteiger partial charge in [-0.05, 0) is 18.6 Å². The van der Waals surface area contributed by atoms with Gasteiger partial charge in [-0.3, -0.25) is 9.79 Å². The Labute approximate surface area is 188 Å². The van der Waals surface area contributed by atoms with Crippen molar-refractivity contribution in [2.45, 2.75) is 26.3 Å². The van der Waals surface area contributed by atoms with E-state index < -0.39 is 0 Å². The van der Waals surface area contributed by atoms with E-state index in [1.165, 1.54) is 0 Å². The third-order valence-corrected chi connectivity index (χ3v) is 4.93. The molecule has 1 aliphatic rings. The van der Waals surface area contributed by atoms with Crippen LogP contribution >= 0.6 is 47.2 Å². The second kappa shape index (κ2) is 11.8. The summed E-state index contributed by atoms with van der Waals surface area (Å²) >= 11 is 12.1. The van der Waals surface area contributed by atoms with Gasteiger partial charge in [-0.2, -0.15) is 0 Å². The van der Waals surface area contributed by atoms with Crippen LogP contribution < -0.4 is 15.4 Å². The first-order valence-corrected chi connectivity index (χ1v) is 9.50. The highest BCUT2D eigenvalue weighted by Crippen LogP contribution is 2.31. The van der Waals surface area contributed by atoms with Crippen LogP contribution in [-0.2, 0) is 4.79 Å². The van der Waals surface area contributed by atoms with Crippen molar-refractivity contribution in [3.63, 3.8) is 0 Å². The maximum atomic E-state index is 12.1. The minimum absolute atomic E-state index is 0. The van der Waals surface area contributed by atoms with Crippen molar-refractivity contribution >= 4 is 59.0 Å². The molecule has 1 fully saturated rings. The molecule has 0 aromatic heterocycles. The van der Waals surface area contributed by atoms with Gasteiger partial charge in [0.1, 0.15) is 17.4 Å². The predicted molar refractivity (Wildman–Crippen MR) is 122 cm³/mol. The number of guanidine groups is 1. The molecule has 1 aliphatic heterocycles. The van der Waals surface area contributed by atoms with Gasteiger partial charge in [0.05, 0.1) is 11.6 Å². The largest absolute Gasteiger partial charge is 0.490 e. The summed E-state index contributed by atoms with van der Waals surface area (Å²) in [5, 5.41) is 7.44. The highest BCUT2D eigenvalue weighted by atomic mass is 127. The number of carbonyl (C=O) groups is 1. The predicted octanol–water partition coefficient (Wildman–Crippen LogP) is 3.41. The van der Waals surface area contributed by atoms with Crippen LogP contribution in [0.15, 0.2) is 23.2 Å². The quantitative estimate of drug-likeness (QED) is 0.257. The van der Waals surface area contributed by atoms with Crippen LogP contribution in [0.2, 0.25) is 10.0 Å². The highest BCUT2D eigenvalue weighted by molar-refractivity contribution is 14.0. The standard InChI is InChI=1S/C18H26Cl2N4O2.HI/c1-12(2)17(25)24-9-7-13(11-24)23-18(21-3)22-8-10-26-15-6-4-5-14(19)16(15)20;/h4-6,12-13H,7-11H2,1-3H3,(H2,21,22,23);1H. The van der Waals surface area contributed by atoms with E-state index in [4.69, 9.17) is 27.9 Å². The number of benzene rings is 1. The first kappa shape index (κ1) is 24.1. The smallest absolute Gasteiger partial charge is 0.225 e. The molecule has 9 heteroatoms. The maximum Gasteiger partial charge on any atom is 0.225 e. The van der Waals surface area contributed by atoms with E-state index in [9.17, 15) is 4.79 Å². The van der Waals surface area contributed by atoms with Crippen molar-refractivity contribution in [1.82, 2.24) is 15.5 Å². The van der Waals surface area contributed by atoms with Crippen LogP contribution in [0.5, 0.6) is 5.75 Å². The Morgan fingerprint density at radius 2 is 2.15 bits per heavy atom. The van der Waals surface area contributed by atoms with E-state index >= 15 is 0 Å². The molecular weight excluding hydrogens is 502 g/mol. The zero-order chi connectivity index (χ0) is 19.1. The zero-order valence-corrected chi connectivity index (χ0v) is 19.6. The van der Waals surface area contributed by atoms with Gasteiger partial charge in [0.2, 0.25) is 5.91 Å². The zero-order valence-electron chi connectivity index (χ0n) is 15.8. The summed E-state index contributed by atoms with van der Waals surface area (Å²) in [5.74, 6) is 1.47. The van der Waals surface area contributed by atoms with Gasteiger partial charge in [0, 0.05) is 32.1 Å². The van der Waals surface area contributed by atoms with Gasteiger partial charge in [-0.1, -0.05) is 43.1 Å². The van der Waals surface area contributed by atoms with Crippen LogP contribution in [0.3, 0.4) is 0 Å². The van der Waals surface area contributed by atoms with Crippen LogP contribution in [-0.4, -0.2) is 56.1 Å². The number of aliphatic imine (C=N–C) groups is 1. The Morgan fingerprint density at radius 1 is 1.41 bits per heavy atom. The van der Waals surface area contributed by atoms with E-state index in [1.807, 2.05) is 18.7 Å². The van der Waals surface area contributed by atoms with E-state index in [2.05, 4.69) is 15.6 Å². The summed E-state index contributed by atoms with van der Waals surface area (Å²) in [6, 6.07) is 5.49. The molecule has 0 spiro atoms. The van der Waals surface area contributed by atoms with Gasteiger partial charge in [0.15, 0.2) is 5.96 Å². The fourth-order valence-corrected chi connectivity index (χ4v) is 3.10. The Bertz CT molecular complexity index is 658. The Morgan fingerprint density at radius 3 is 2.81 bits per heavy atom. The lowest BCUT2D eigenvalue weighted by atomic mass is 10.2. The van der Waals surface area contributed by atoms with Crippen molar-refractivity contribution in [2.24, 2.45) is 10.9 Å².